The maximum absolute atomic E-state index is 11.8. The van der Waals surface area contributed by atoms with Crippen molar-refractivity contribution in [3.63, 3.8) is 0 Å². The summed E-state index contributed by atoms with van der Waals surface area (Å²) in [6, 6.07) is -0.521. The molecule has 0 aliphatic heterocycles. The van der Waals surface area contributed by atoms with Crippen LogP contribution in [-0.2, 0) is 9.59 Å². The molecule has 0 fully saturated rings. The van der Waals surface area contributed by atoms with Gasteiger partial charge in [-0.25, -0.2) is 0 Å². The van der Waals surface area contributed by atoms with Crippen LogP contribution in [0.5, 0.6) is 0 Å². The third-order valence-electron chi connectivity index (χ3n) is 4.32. The maximum atomic E-state index is 11.8. The molecule has 0 bridgehead atoms. The summed E-state index contributed by atoms with van der Waals surface area (Å²) >= 11 is 4.04. The number of hydrogen-bond acceptors (Lipinski definition) is 3. The molecule has 4 nitrogen and oxygen atoms in total. The molecule has 5 heteroatoms. The Morgan fingerprint density at radius 1 is 0.750 bits per heavy atom. The third-order valence-corrected chi connectivity index (χ3v) is 4.54. The summed E-state index contributed by atoms with van der Waals surface area (Å²) < 4.78 is 0. The molecule has 0 aliphatic rings. The molecule has 0 saturated carbocycles. The van der Waals surface area contributed by atoms with Crippen LogP contribution >= 0.6 is 12.6 Å². The van der Waals surface area contributed by atoms with Crippen molar-refractivity contribution in [3.8, 4) is 0 Å². The second-order valence-electron chi connectivity index (χ2n) is 7.26. The standard InChI is InChI=1S/C27H42N2O2S/c1-3-4-5-6-7-8-9-10-11-12-13-14-15-16-17-18-19-20-21-22-26(30)29-25(2)27(31)28-23-24-32/h4-5,7-8,10-11,13-14,16-17,19-20,25,32H,3,6,9,12,15,18,21-24H2,1-2H3,(H,28,31)(H,29,30)/b5-4-,8-7-,11-10-,14-13-,17-16-,20-19-/t25-/m0/s1. The molecule has 0 rings (SSSR count). The molecular weight excluding hydrogens is 416 g/mol. The van der Waals surface area contributed by atoms with Crippen LogP contribution in [0.15, 0.2) is 72.9 Å². The first-order valence-electron chi connectivity index (χ1n) is 11.7. The quantitative estimate of drug-likeness (QED) is 0.174. The Balaban J connectivity index is 3.71. The van der Waals surface area contributed by atoms with E-state index in [0.717, 1.165) is 38.5 Å². The maximum Gasteiger partial charge on any atom is 0.242 e. The molecule has 0 heterocycles. The van der Waals surface area contributed by atoms with Crippen molar-refractivity contribution in [3.05, 3.63) is 72.9 Å². The number of carbonyl (C=O) groups is 2. The van der Waals surface area contributed by atoms with Gasteiger partial charge in [0.2, 0.25) is 11.8 Å². The molecule has 178 valence electrons. The van der Waals surface area contributed by atoms with E-state index in [2.05, 4.69) is 97.0 Å². The van der Waals surface area contributed by atoms with Crippen molar-refractivity contribution < 1.29 is 9.59 Å². The SMILES string of the molecule is CC/C=C\C/C=C\C/C=C\C/C=C\C/C=C\C/C=C\CCC(=O)N[C@@H](C)C(=O)NCCS. The highest BCUT2D eigenvalue weighted by Crippen LogP contribution is 1.98. The topological polar surface area (TPSA) is 58.2 Å². The van der Waals surface area contributed by atoms with E-state index in [0.29, 0.717) is 25.1 Å². The minimum Gasteiger partial charge on any atom is -0.354 e. The van der Waals surface area contributed by atoms with Crippen LogP contribution < -0.4 is 10.6 Å². The first-order chi connectivity index (χ1) is 15.6. The van der Waals surface area contributed by atoms with Gasteiger partial charge < -0.3 is 10.6 Å². The van der Waals surface area contributed by atoms with Crippen LogP contribution in [0.1, 0.15) is 65.2 Å². The smallest absolute Gasteiger partial charge is 0.242 e. The molecule has 0 radical (unpaired) electrons. The van der Waals surface area contributed by atoms with Gasteiger partial charge in [-0.3, -0.25) is 9.59 Å². The number of thiol groups is 1. The van der Waals surface area contributed by atoms with E-state index >= 15 is 0 Å². The molecule has 32 heavy (non-hydrogen) atoms. The fourth-order valence-electron chi connectivity index (χ4n) is 2.57. The molecule has 0 aromatic heterocycles. The molecule has 0 spiro atoms. The largest absolute Gasteiger partial charge is 0.354 e. The molecule has 0 unspecified atom stereocenters. The van der Waals surface area contributed by atoms with Crippen LogP contribution in [0.2, 0.25) is 0 Å². The fourth-order valence-corrected chi connectivity index (χ4v) is 2.68. The second kappa shape index (κ2) is 23.4. The van der Waals surface area contributed by atoms with Crippen LogP contribution in [0.4, 0.5) is 0 Å². The van der Waals surface area contributed by atoms with Gasteiger partial charge in [0.15, 0.2) is 0 Å². The minimum atomic E-state index is -0.521. The summed E-state index contributed by atoms with van der Waals surface area (Å²) in [6.45, 7) is 4.33. The Hall–Kier alpha value is -2.27. The average Bonchev–Trinajstić information content (AvgIpc) is 2.78. The molecular formula is C27H42N2O2S. The number of hydrogen-bond donors (Lipinski definition) is 3. The predicted octanol–water partition coefficient (Wildman–Crippen LogP) is 6.02. The zero-order valence-electron chi connectivity index (χ0n) is 19.8. The number of nitrogens with one attached hydrogen (secondary N) is 2. The van der Waals surface area contributed by atoms with E-state index in [1.807, 2.05) is 6.08 Å². The van der Waals surface area contributed by atoms with Crippen molar-refractivity contribution in [1.82, 2.24) is 10.6 Å². The van der Waals surface area contributed by atoms with Gasteiger partial charge in [-0.2, -0.15) is 12.6 Å². The summed E-state index contributed by atoms with van der Waals surface area (Å²) in [5, 5.41) is 5.41. The highest BCUT2D eigenvalue weighted by molar-refractivity contribution is 7.80. The lowest BCUT2D eigenvalue weighted by Gasteiger charge is -2.13. The van der Waals surface area contributed by atoms with Crippen molar-refractivity contribution in [2.75, 3.05) is 12.3 Å². The van der Waals surface area contributed by atoms with E-state index in [1.54, 1.807) is 6.92 Å². The highest BCUT2D eigenvalue weighted by Gasteiger charge is 2.13. The lowest BCUT2D eigenvalue weighted by Crippen LogP contribution is -2.45. The summed E-state index contributed by atoms with van der Waals surface area (Å²) in [5.41, 5.74) is 0. The number of amides is 2. The van der Waals surface area contributed by atoms with Gasteiger partial charge >= 0.3 is 0 Å². The summed E-state index contributed by atoms with van der Waals surface area (Å²) in [6.07, 6.45) is 32.8. The van der Waals surface area contributed by atoms with Crippen molar-refractivity contribution in [1.29, 1.82) is 0 Å². The highest BCUT2D eigenvalue weighted by atomic mass is 32.1. The second-order valence-corrected chi connectivity index (χ2v) is 7.70. The molecule has 0 aliphatic carbocycles. The number of allylic oxidation sites excluding steroid dienone is 12. The Morgan fingerprint density at radius 3 is 1.62 bits per heavy atom. The van der Waals surface area contributed by atoms with Gasteiger partial charge in [0.25, 0.3) is 0 Å². The first-order valence-corrected chi connectivity index (χ1v) is 12.3. The van der Waals surface area contributed by atoms with Gasteiger partial charge in [-0.15, -0.1) is 0 Å². The van der Waals surface area contributed by atoms with E-state index < -0.39 is 6.04 Å². The van der Waals surface area contributed by atoms with Crippen LogP contribution in [0.3, 0.4) is 0 Å². The first kappa shape index (κ1) is 29.7. The molecule has 2 N–H and O–H groups in total. The van der Waals surface area contributed by atoms with Crippen LogP contribution in [0, 0.1) is 0 Å². The third kappa shape index (κ3) is 21.0. The summed E-state index contributed by atoms with van der Waals surface area (Å²) in [4.78, 5) is 23.5. The summed E-state index contributed by atoms with van der Waals surface area (Å²) in [7, 11) is 0. The number of carbonyl (C=O) groups excluding carboxylic acids is 2. The Morgan fingerprint density at radius 2 is 1.19 bits per heavy atom. The average molecular weight is 459 g/mol. The van der Waals surface area contributed by atoms with E-state index in [9.17, 15) is 9.59 Å². The molecule has 0 aromatic rings. The van der Waals surface area contributed by atoms with Crippen molar-refractivity contribution >= 4 is 24.4 Å². The summed E-state index contributed by atoms with van der Waals surface area (Å²) in [5.74, 6) is 0.286. The fraction of sp³-hybridized carbons (Fsp3) is 0.481. The van der Waals surface area contributed by atoms with Gasteiger partial charge in [0, 0.05) is 18.7 Å². The molecule has 0 saturated heterocycles. The number of rotatable bonds is 18. The van der Waals surface area contributed by atoms with Crippen LogP contribution in [-0.4, -0.2) is 30.2 Å². The lowest BCUT2D eigenvalue weighted by atomic mass is 10.2. The minimum absolute atomic E-state index is 0.113. The Kier molecular flexibility index (Phi) is 21.7. The Labute approximate surface area is 201 Å². The molecule has 1 atom stereocenters. The van der Waals surface area contributed by atoms with Gasteiger partial charge in [0.1, 0.15) is 6.04 Å². The van der Waals surface area contributed by atoms with E-state index in [4.69, 9.17) is 0 Å². The zero-order chi connectivity index (χ0) is 23.7. The van der Waals surface area contributed by atoms with E-state index in [1.165, 1.54) is 0 Å². The molecule has 2 amide bonds. The van der Waals surface area contributed by atoms with Crippen molar-refractivity contribution in [2.45, 2.75) is 71.3 Å². The van der Waals surface area contributed by atoms with Crippen molar-refractivity contribution in [2.24, 2.45) is 0 Å². The Bertz CT molecular complexity index is 661. The van der Waals surface area contributed by atoms with Gasteiger partial charge in [-0.05, 0) is 51.9 Å². The lowest BCUT2D eigenvalue weighted by molar-refractivity contribution is -0.128. The van der Waals surface area contributed by atoms with Gasteiger partial charge in [0.05, 0.1) is 0 Å². The predicted molar refractivity (Wildman–Crippen MR) is 142 cm³/mol. The normalized spacial score (nSPS) is 13.5. The van der Waals surface area contributed by atoms with E-state index in [-0.39, 0.29) is 11.8 Å². The van der Waals surface area contributed by atoms with Crippen LogP contribution in [0.25, 0.3) is 0 Å². The monoisotopic (exact) mass is 458 g/mol. The zero-order valence-corrected chi connectivity index (χ0v) is 20.7. The molecule has 0 aromatic carbocycles. The van der Waals surface area contributed by atoms with Gasteiger partial charge in [-0.1, -0.05) is 79.8 Å².